The molecular weight excluding hydrogens is 310 g/mol. The van der Waals surface area contributed by atoms with E-state index in [0.717, 1.165) is 16.7 Å². The van der Waals surface area contributed by atoms with E-state index in [9.17, 15) is 4.79 Å². The zero-order valence-electron chi connectivity index (χ0n) is 14.0. The lowest BCUT2D eigenvalue weighted by Gasteiger charge is -2.15. The predicted molar refractivity (Wildman–Crippen MR) is 99.5 cm³/mol. The standard InChI is InChI=1S/C22H19NO2/c1-17(18-11-5-2-6-12-18)23-25-22(24)21(19-13-7-3-8-14-19)20-15-9-4-10-16-20/h2-16,21H,1H3/b23-17+. The van der Waals surface area contributed by atoms with Gasteiger partial charge >= 0.3 is 5.97 Å². The van der Waals surface area contributed by atoms with Gasteiger partial charge in [-0.05, 0) is 23.6 Å². The number of hydrogen-bond donors (Lipinski definition) is 0. The van der Waals surface area contributed by atoms with E-state index in [-0.39, 0.29) is 0 Å². The van der Waals surface area contributed by atoms with Crippen LogP contribution in [-0.4, -0.2) is 11.7 Å². The molecule has 0 atom stereocenters. The first kappa shape index (κ1) is 16.7. The quantitative estimate of drug-likeness (QED) is 0.384. The van der Waals surface area contributed by atoms with Gasteiger partial charge in [-0.2, -0.15) is 0 Å². The van der Waals surface area contributed by atoms with Crippen LogP contribution in [0, 0.1) is 0 Å². The average molecular weight is 329 g/mol. The molecule has 3 rings (SSSR count). The molecule has 0 unspecified atom stereocenters. The Kier molecular flexibility index (Phi) is 5.37. The molecule has 0 aliphatic carbocycles. The maximum Gasteiger partial charge on any atom is 0.346 e. The van der Waals surface area contributed by atoms with Crippen LogP contribution in [-0.2, 0) is 9.63 Å². The van der Waals surface area contributed by atoms with Crippen LogP contribution >= 0.6 is 0 Å². The highest BCUT2D eigenvalue weighted by molar-refractivity contribution is 5.98. The first-order valence-corrected chi connectivity index (χ1v) is 8.16. The van der Waals surface area contributed by atoms with Gasteiger partial charge in [0.05, 0.1) is 5.71 Å². The van der Waals surface area contributed by atoms with E-state index >= 15 is 0 Å². The third-order valence-corrected chi connectivity index (χ3v) is 3.97. The molecule has 3 heteroatoms. The topological polar surface area (TPSA) is 38.7 Å². The summed E-state index contributed by atoms with van der Waals surface area (Å²) in [6, 6.07) is 28.8. The lowest BCUT2D eigenvalue weighted by atomic mass is 9.91. The van der Waals surface area contributed by atoms with Gasteiger partial charge in [-0.25, -0.2) is 4.79 Å². The van der Waals surface area contributed by atoms with Crippen molar-refractivity contribution in [3.8, 4) is 0 Å². The highest BCUT2D eigenvalue weighted by atomic mass is 16.7. The molecule has 0 N–H and O–H groups in total. The van der Waals surface area contributed by atoms with Crippen molar-refractivity contribution >= 4 is 11.7 Å². The fourth-order valence-corrected chi connectivity index (χ4v) is 2.65. The van der Waals surface area contributed by atoms with Crippen molar-refractivity contribution in [2.45, 2.75) is 12.8 Å². The SMILES string of the molecule is C/C(=N\OC(=O)C(c1ccccc1)c1ccccc1)c1ccccc1. The maximum atomic E-state index is 12.8. The van der Waals surface area contributed by atoms with Crippen LogP contribution in [0.25, 0.3) is 0 Å². The number of carbonyl (C=O) groups excluding carboxylic acids is 1. The van der Waals surface area contributed by atoms with Crippen LogP contribution in [0.3, 0.4) is 0 Å². The molecule has 0 aliphatic rings. The zero-order valence-corrected chi connectivity index (χ0v) is 14.0. The number of nitrogens with zero attached hydrogens (tertiary/aromatic N) is 1. The molecule has 3 aromatic carbocycles. The number of oxime groups is 1. The number of hydrogen-bond acceptors (Lipinski definition) is 3. The van der Waals surface area contributed by atoms with Gasteiger partial charge in [0.25, 0.3) is 0 Å². The number of rotatable bonds is 5. The molecule has 0 aromatic heterocycles. The smallest absolute Gasteiger partial charge is 0.317 e. The zero-order chi connectivity index (χ0) is 17.5. The minimum atomic E-state index is -0.505. The van der Waals surface area contributed by atoms with Gasteiger partial charge in [0.2, 0.25) is 0 Å². The Morgan fingerprint density at radius 3 is 1.68 bits per heavy atom. The van der Waals surface area contributed by atoms with Gasteiger partial charge in [-0.15, -0.1) is 0 Å². The molecular formula is C22H19NO2. The Morgan fingerprint density at radius 2 is 1.20 bits per heavy atom. The van der Waals surface area contributed by atoms with Crippen LogP contribution in [0.5, 0.6) is 0 Å². The van der Waals surface area contributed by atoms with E-state index in [0.29, 0.717) is 5.71 Å². The second-order valence-corrected chi connectivity index (χ2v) is 5.71. The summed E-state index contributed by atoms with van der Waals surface area (Å²) < 4.78 is 0. The number of carbonyl (C=O) groups is 1. The summed E-state index contributed by atoms with van der Waals surface area (Å²) >= 11 is 0. The molecule has 124 valence electrons. The van der Waals surface area contributed by atoms with Crippen LogP contribution in [0.1, 0.15) is 29.5 Å². The van der Waals surface area contributed by atoms with Crippen molar-refractivity contribution < 1.29 is 9.63 Å². The molecule has 0 saturated heterocycles. The molecule has 3 aromatic rings. The predicted octanol–water partition coefficient (Wildman–Crippen LogP) is 4.79. The molecule has 0 amide bonds. The molecule has 0 fully saturated rings. The van der Waals surface area contributed by atoms with Crippen molar-refractivity contribution in [1.29, 1.82) is 0 Å². The van der Waals surface area contributed by atoms with Crippen molar-refractivity contribution in [2.24, 2.45) is 5.16 Å². The van der Waals surface area contributed by atoms with E-state index in [1.807, 2.05) is 97.9 Å². The summed E-state index contributed by atoms with van der Waals surface area (Å²) in [6.45, 7) is 1.82. The van der Waals surface area contributed by atoms with Crippen LogP contribution in [0.2, 0.25) is 0 Å². The Balaban J connectivity index is 1.85. The molecule has 0 radical (unpaired) electrons. The largest absolute Gasteiger partial charge is 0.346 e. The Bertz CT molecular complexity index is 803. The molecule has 25 heavy (non-hydrogen) atoms. The van der Waals surface area contributed by atoms with E-state index < -0.39 is 11.9 Å². The minimum absolute atomic E-state index is 0.396. The van der Waals surface area contributed by atoms with Crippen LogP contribution < -0.4 is 0 Å². The lowest BCUT2D eigenvalue weighted by molar-refractivity contribution is -0.144. The van der Waals surface area contributed by atoms with E-state index in [1.54, 1.807) is 0 Å². The third kappa shape index (κ3) is 4.21. The Morgan fingerprint density at radius 1 is 0.760 bits per heavy atom. The first-order chi connectivity index (χ1) is 12.3. The van der Waals surface area contributed by atoms with Crippen molar-refractivity contribution in [3.63, 3.8) is 0 Å². The van der Waals surface area contributed by atoms with E-state index in [2.05, 4.69) is 5.16 Å². The molecule has 0 spiro atoms. The van der Waals surface area contributed by atoms with Crippen molar-refractivity contribution in [1.82, 2.24) is 0 Å². The van der Waals surface area contributed by atoms with Gasteiger partial charge < -0.3 is 4.84 Å². The molecule has 0 heterocycles. The van der Waals surface area contributed by atoms with Crippen molar-refractivity contribution in [2.75, 3.05) is 0 Å². The van der Waals surface area contributed by atoms with Crippen LogP contribution in [0.4, 0.5) is 0 Å². The summed E-state index contributed by atoms with van der Waals surface area (Å²) in [7, 11) is 0. The summed E-state index contributed by atoms with van der Waals surface area (Å²) in [6.07, 6.45) is 0. The van der Waals surface area contributed by atoms with Gasteiger partial charge in [0.1, 0.15) is 5.92 Å². The highest BCUT2D eigenvalue weighted by Gasteiger charge is 2.24. The fraction of sp³-hybridized carbons (Fsp3) is 0.0909. The third-order valence-electron chi connectivity index (χ3n) is 3.97. The van der Waals surface area contributed by atoms with Crippen molar-refractivity contribution in [3.05, 3.63) is 108 Å². The first-order valence-electron chi connectivity index (χ1n) is 8.16. The van der Waals surface area contributed by atoms with Gasteiger partial charge in [-0.1, -0.05) is 96.2 Å². The van der Waals surface area contributed by atoms with Gasteiger partial charge in [-0.3, -0.25) is 0 Å². The summed E-state index contributed by atoms with van der Waals surface area (Å²) in [5.74, 6) is -0.901. The average Bonchev–Trinajstić information content (AvgIpc) is 2.69. The molecule has 3 nitrogen and oxygen atoms in total. The summed E-state index contributed by atoms with van der Waals surface area (Å²) in [4.78, 5) is 18.0. The Labute approximate surface area is 147 Å². The monoisotopic (exact) mass is 329 g/mol. The Hall–Kier alpha value is -3.20. The molecule has 0 saturated carbocycles. The highest BCUT2D eigenvalue weighted by Crippen LogP contribution is 2.26. The molecule has 0 aliphatic heterocycles. The molecule has 0 bridgehead atoms. The fourth-order valence-electron chi connectivity index (χ4n) is 2.65. The van der Waals surface area contributed by atoms with E-state index in [1.165, 1.54) is 0 Å². The number of benzene rings is 3. The second kappa shape index (κ2) is 8.06. The minimum Gasteiger partial charge on any atom is -0.317 e. The second-order valence-electron chi connectivity index (χ2n) is 5.71. The maximum absolute atomic E-state index is 12.8. The van der Waals surface area contributed by atoms with Crippen LogP contribution in [0.15, 0.2) is 96.2 Å². The van der Waals surface area contributed by atoms with Gasteiger partial charge in [0.15, 0.2) is 0 Å². The summed E-state index contributed by atoms with van der Waals surface area (Å²) in [5.41, 5.74) is 3.35. The summed E-state index contributed by atoms with van der Waals surface area (Å²) in [5, 5.41) is 4.03. The lowest BCUT2D eigenvalue weighted by Crippen LogP contribution is -2.16. The van der Waals surface area contributed by atoms with E-state index in [4.69, 9.17) is 4.84 Å². The normalized spacial score (nSPS) is 11.4. The van der Waals surface area contributed by atoms with Gasteiger partial charge in [0, 0.05) is 0 Å².